The van der Waals surface area contributed by atoms with E-state index in [1.165, 1.54) is 28.9 Å². The predicted octanol–water partition coefficient (Wildman–Crippen LogP) is 2.79. The van der Waals surface area contributed by atoms with Crippen molar-refractivity contribution >= 4 is 5.69 Å². The van der Waals surface area contributed by atoms with E-state index in [1.54, 1.807) is 31.2 Å². The van der Waals surface area contributed by atoms with Crippen LogP contribution < -0.4 is 5.56 Å². The Kier molecular flexibility index (Phi) is 4.84. The Bertz CT molecular complexity index is 1040. The molecule has 0 aliphatic heterocycles. The van der Waals surface area contributed by atoms with Gasteiger partial charge in [0, 0.05) is 22.7 Å². The lowest BCUT2D eigenvalue weighted by Crippen LogP contribution is -2.23. The molecule has 0 bridgehead atoms. The molecule has 0 radical (unpaired) electrons. The minimum Gasteiger partial charge on any atom is -0.295 e. The smallest absolute Gasteiger partial charge is 0.275 e. The van der Waals surface area contributed by atoms with Gasteiger partial charge in [0.05, 0.1) is 22.1 Å². The van der Waals surface area contributed by atoms with Crippen LogP contribution in [0, 0.1) is 27.2 Å². The summed E-state index contributed by atoms with van der Waals surface area (Å²) in [6.45, 7) is 1.18. The zero-order valence-corrected chi connectivity index (χ0v) is 14.4. The van der Waals surface area contributed by atoms with E-state index >= 15 is 0 Å². The van der Waals surface area contributed by atoms with Crippen LogP contribution in [0.3, 0.4) is 0 Å². The van der Waals surface area contributed by atoms with Gasteiger partial charge in [0.2, 0.25) is 6.54 Å². The Hall–Kier alpha value is -3.75. The molecule has 9 nitrogen and oxygen atoms in total. The Morgan fingerprint density at radius 2 is 1.67 bits per heavy atom. The number of aromatic amines is 1. The van der Waals surface area contributed by atoms with E-state index in [-0.39, 0.29) is 16.8 Å². The van der Waals surface area contributed by atoms with Crippen molar-refractivity contribution in [1.29, 1.82) is 0 Å². The Balaban J connectivity index is 2.11. The van der Waals surface area contributed by atoms with Gasteiger partial charge in [-0.15, -0.1) is 0 Å². The van der Waals surface area contributed by atoms with E-state index in [1.807, 2.05) is 6.07 Å². The second kappa shape index (κ2) is 7.24. The number of rotatable bonds is 6. The number of H-pyrrole nitrogens is 1. The van der Waals surface area contributed by atoms with Crippen molar-refractivity contribution in [2.75, 3.05) is 6.54 Å². The van der Waals surface area contributed by atoms with Crippen molar-refractivity contribution in [3.05, 3.63) is 102 Å². The molecular formula is C18H16N4O5. The topological polar surface area (TPSA) is 124 Å². The molecule has 0 aliphatic carbocycles. The molecule has 1 heterocycles. The molecule has 1 unspecified atom stereocenters. The van der Waals surface area contributed by atoms with Gasteiger partial charge in [-0.2, -0.15) is 0 Å². The molecule has 0 aliphatic rings. The van der Waals surface area contributed by atoms with Crippen LogP contribution in [0.5, 0.6) is 0 Å². The molecule has 138 valence electrons. The molecule has 1 N–H and O–H groups in total. The third-order valence-corrected chi connectivity index (χ3v) is 4.32. The summed E-state index contributed by atoms with van der Waals surface area (Å²) in [5.74, 6) is -0.825. The van der Waals surface area contributed by atoms with Gasteiger partial charge in [0.15, 0.2) is 0 Å². The van der Waals surface area contributed by atoms with E-state index in [4.69, 9.17) is 0 Å². The van der Waals surface area contributed by atoms with E-state index in [0.29, 0.717) is 16.9 Å². The van der Waals surface area contributed by atoms with Crippen LogP contribution in [0.25, 0.3) is 5.69 Å². The first-order valence-corrected chi connectivity index (χ1v) is 8.11. The van der Waals surface area contributed by atoms with E-state index < -0.39 is 22.3 Å². The van der Waals surface area contributed by atoms with Crippen LogP contribution >= 0.6 is 0 Å². The van der Waals surface area contributed by atoms with Gasteiger partial charge in [-0.05, 0) is 24.6 Å². The molecule has 0 fully saturated rings. The zero-order chi connectivity index (χ0) is 19.6. The summed E-state index contributed by atoms with van der Waals surface area (Å²) < 4.78 is 1.34. The lowest BCUT2D eigenvalue weighted by atomic mass is 9.91. The Labute approximate surface area is 153 Å². The molecule has 3 aromatic rings. The monoisotopic (exact) mass is 368 g/mol. The number of para-hydroxylation sites is 1. The first-order chi connectivity index (χ1) is 12.9. The number of nitrogens with one attached hydrogen (secondary N) is 1. The van der Waals surface area contributed by atoms with Gasteiger partial charge < -0.3 is 0 Å². The summed E-state index contributed by atoms with van der Waals surface area (Å²) in [7, 11) is 0. The fourth-order valence-corrected chi connectivity index (χ4v) is 3.07. The quantitative estimate of drug-likeness (QED) is 0.529. The van der Waals surface area contributed by atoms with Crippen molar-refractivity contribution in [2.24, 2.45) is 0 Å². The number of hydrogen-bond acceptors (Lipinski definition) is 5. The van der Waals surface area contributed by atoms with Crippen LogP contribution in [0.15, 0.2) is 59.4 Å². The molecule has 0 amide bonds. The van der Waals surface area contributed by atoms with Gasteiger partial charge >= 0.3 is 0 Å². The predicted molar refractivity (Wildman–Crippen MR) is 97.9 cm³/mol. The molecule has 0 saturated carbocycles. The number of hydrogen-bond donors (Lipinski definition) is 1. The largest absolute Gasteiger partial charge is 0.295 e. The standard InChI is InChI=1S/C18H16N4O5/c1-12-17(18(23)21(19-12)14-5-3-2-4-6-14)16(11-20(24)25)13-7-9-15(10-8-13)22(26)27/h2-10,16,19H,11H2,1H3. The first kappa shape index (κ1) is 18.1. The van der Waals surface area contributed by atoms with Crippen molar-refractivity contribution < 1.29 is 9.85 Å². The summed E-state index contributed by atoms with van der Waals surface area (Å²) in [6.07, 6.45) is 0. The zero-order valence-electron chi connectivity index (χ0n) is 14.4. The van der Waals surface area contributed by atoms with E-state index in [9.17, 15) is 25.0 Å². The van der Waals surface area contributed by atoms with Crippen LogP contribution in [0.1, 0.15) is 22.7 Å². The second-order valence-electron chi connectivity index (χ2n) is 6.04. The van der Waals surface area contributed by atoms with Gasteiger partial charge in [-0.1, -0.05) is 30.3 Å². The number of nitro groups is 2. The summed E-state index contributed by atoms with van der Waals surface area (Å²) in [6, 6.07) is 14.3. The number of benzene rings is 2. The highest BCUT2D eigenvalue weighted by atomic mass is 16.6. The maximum absolute atomic E-state index is 13.0. The van der Waals surface area contributed by atoms with Crippen molar-refractivity contribution in [3.8, 4) is 5.69 Å². The Morgan fingerprint density at radius 3 is 2.22 bits per heavy atom. The first-order valence-electron chi connectivity index (χ1n) is 8.11. The second-order valence-corrected chi connectivity index (χ2v) is 6.04. The molecule has 3 rings (SSSR count). The molecular weight excluding hydrogens is 352 g/mol. The maximum atomic E-state index is 13.0. The van der Waals surface area contributed by atoms with Crippen molar-refractivity contribution in [3.63, 3.8) is 0 Å². The highest BCUT2D eigenvalue weighted by molar-refractivity contribution is 5.41. The highest BCUT2D eigenvalue weighted by Crippen LogP contribution is 2.27. The molecule has 27 heavy (non-hydrogen) atoms. The third kappa shape index (κ3) is 3.61. The molecule has 9 heteroatoms. The van der Waals surface area contributed by atoms with E-state index in [2.05, 4.69) is 5.10 Å². The SMILES string of the molecule is Cc1[nH]n(-c2ccccc2)c(=O)c1C(C[N+](=O)[O-])c1ccc([N+](=O)[O-])cc1. The van der Waals surface area contributed by atoms with Crippen molar-refractivity contribution in [1.82, 2.24) is 9.78 Å². The Morgan fingerprint density at radius 1 is 1.04 bits per heavy atom. The molecule has 0 saturated heterocycles. The summed E-state index contributed by atoms with van der Waals surface area (Å²) in [5.41, 5.74) is 1.35. The van der Waals surface area contributed by atoms with Crippen LogP contribution in [-0.2, 0) is 0 Å². The molecule has 1 aromatic heterocycles. The molecule has 1 atom stereocenters. The van der Waals surface area contributed by atoms with Gasteiger partial charge in [0.1, 0.15) is 0 Å². The molecule has 0 spiro atoms. The van der Waals surface area contributed by atoms with Crippen LogP contribution in [-0.4, -0.2) is 26.2 Å². The average Bonchev–Trinajstić information content (AvgIpc) is 2.95. The van der Waals surface area contributed by atoms with Gasteiger partial charge in [0.25, 0.3) is 11.2 Å². The summed E-state index contributed by atoms with van der Waals surface area (Å²) >= 11 is 0. The number of nitrogens with zero attached hydrogens (tertiary/aromatic N) is 3. The lowest BCUT2D eigenvalue weighted by Gasteiger charge is -2.12. The van der Waals surface area contributed by atoms with Crippen LogP contribution in [0.4, 0.5) is 5.69 Å². The third-order valence-electron chi connectivity index (χ3n) is 4.32. The van der Waals surface area contributed by atoms with E-state index in [0.717, 1.165) is 0 Å². The number of non-ortho nitro benzene ring substituents is 1. The number of aromatic nitrogens is 2. The fraction of sp³-hybridized carbons (Fsp3) is 0.167. The van der Waals surface area contributed by atoms with Crippen LogP contribution in [0.2, 0.25) is 0 Å². The highest BCUT2D eigenvalue weighted by Gasteiger charge is 2.28. The lowest BCUT2D eigenvalue weighted by molar-refractivity contribution is -0.481. The molecule has 2 aromatic carbocycles. The number of aryl methyl sites for hydroxylation is 1. The number of nitro benzene ring substituents is 1. The fourth-order valence-electron chi connectivity index (χ4n) is 3.07. The van der Waals surface area contributed by atoms with Crippen molar-refractivity contribution in [2.45, 2.75) is 12.8 Å². The summed E-state index contributed by atoms with van der Waals surface area (Å²) in [5, 5.41) is 25.0. The maximum Gasteiger partial charge on any atom is 0.275 e. The minimum atomic E-state index is -0.825. The van der Waals surface area contributed by atoms with Gasteiger partial charge in [-0.3, -0.25) is 30.1 Å². The summed E-state index contributed by atoms with van der Waals surface area (Å²) in [4.78, 5) is 34.0. The average molecular weight is 368 g/mol. The minimum absolute atomic E-state index is 0.119. The normalized spacial score (nSPS) is 11.9. The van der Waals surface area contributed by atoms with Gasteiger partial charge in [-0.25, -0.2) is 4.68 Å².